The van der Waals surface area contributed by atoms with Crippen LogP contribution in [0.3, 0.4) is 0 Å². The molecular formula is C8H2BrF8NO. The van der Waals surface area contributed by atoms with Gasteiger partial charge in [-0.05, 0) is 15.9 Å². The Kier molecular flexibility index (Phi) is 4.27. The Morgan fingerprint density at radius 2 is 1.63 bits per heavy atom. The zero-order valence-electron chi connectivity index (χ0n) is 8.41. The van der Waals surface area contributed by atoms with Crippen LogP contribution >= 0.6 is 15.9 Å². The molecule has 1 aromatic rings. The lowest BCUT2D eigenvalue weighted by Gasteiger charge is -2.17. The van der Waals surface area contributed by atoms with E-state index in [0.29, 0.717) is 0 Å². The minimum absolute atomic E-state index is 0.126. The number of halogens is 9. The van der Waals surface area contributed by atoms with Crippen LogP contribution in [0.5, 0.6) is 5.75 Å². The Hall–Kier alpha value is -1.13. The summed E-state index contributed by atoms with van der Waals surface area (Å²) in [6.07, 6.45) is -14.0. The number of alkyl halides is 8. The van der Waals surface area contributed by atoms with Gasteiger partial charge in [0.15, 0.2) is 11.4 Å². The number of hydrogen-bond acceptors (Lipinski definition) is 2. The number of ether oxygens (including phenoxy) is 1. The first-order valence-electron chi connectivity index (χ1n) is 4.23. The molecule has 0 unspecified atom stereocenters. The molecule has 0 aromatic carbocycles. The molecule has 2 nitrogen and oxygen atoms in total. The molecule has 11 heteroatoms. The summed E-state index contributed by atoms with van der Waals surface area (Å²) < 4.78 is 100.0. The van der Waals surface area contributed by atoms with Crippen molar-refractivity contribution in [1.29, 1.82) is 0 Å². The van der Waals surface area contributed by atoms with Crippen LogP contribution in [-0.4, -0.2) is 11.3 Å². The lowest BCUT2D eigenvalue weighted by atomic mass is 10.2. The van der Waals surface area contributed by atoms with Gasteiger partial charge >= 0.3 is 12.5 Å². The van der Waals surface area contributed by atoms with E-state index < -0.39 is 40.4 Å². The van der Waals surface area contributed by atoms with Gasteiger partial charge in [-0.25, -0.2) is 13.8 Å². The smallest absolute Gasteiger partial charge is 0.402 e. The Morgan fingerprint density at radius 1 is 1.11 bits per heavy atom. The van der Waals surface area contributed by atoms with Gasteiger partial charge in [-0.1, -0.05) is 0 Å². The predicted molar refractivity (Wildman–Crippen MR) is 48.6 cm³/mol. The summed E-state index contributed by atoms with van der Waals surface area (Å²) in [5.41, 5.74) is -3.20. The summed E-state index contributed by atoms with van der Waals surface area (Å²) in [4.78, 5) is 2.56. The van der Waals surface area contributed by atoms with Gasteiger partial charge in [0.2, 0.25) is 0 Å². The Labute approximate surface area is 108 Å². The molecule has 0 bridgehead atoms. The molecule has 0 saturated heterocycles. The molecule has 1 heterocycles. The summed E-state index contributed by atoms with van der Waals surface area (Å²) >= 11 is 2.23. The van der Waals surface area contributed by atoms with Crippen molar-refractivity contribution in [3.63, 3.8) is 0 Å². The first kappa shape index (κ1) is 15.9. The lowest BCUT2D eigenvalue weighted by Crippen LogP contribution is -2.22. The van der Waals surface area contributed by atoms with E-state index in [4.69, 9.17) is 0 Å². The molecule has 0 amide bonds. The maximum Gasteiger partial charge on any atom is 0.573 e. The molecule has 0 radical (unpaired) electrons. The molecule has 108 valence electrons. The third kappa shape index (κ3) is 3.91. The number of aromatic nitrogens is 1. The van der Waals surface area contributed by atoms with Crippen LogP contribution in [0.15, 0.2) is 10.7 Å². The van der Waals surface area contributed by atoms with Crippen molar-refractivity contribution in [3.05, 3.63) is 21.9 Å². The fourth-order valence-electron chi connectivity index (χ4n) is 1.05. The van der Waals surface area contributed by atoms with Gasteiger partial charge in [0, 0.05) is 6.20 Å². The van der Waals surface area contributed by atoms with E-state index >= 15 is 0 Å². The molecule has 0 aliphatic carbocycles. The Balaban J connectivity index is 3.47. The molecule has 0 saturated carbocycles. The number of rotatable bonds is 2. The second-order valence-corrected chi connectivity index (χ2v) is 3.84. The normalized spacial score (nSPS) is 12.9. The molecule has 0 spiro atoms. The fourth-order valence-corrected chi connectivity index (χ4v) is 1.59. The molecular weight excluding hydrogens is 358 g/mol. The molecule has 0 N–H and O–H groups in total. The molecule has 0 fully saturated rings. The number of pyridine rings is 1. The van der Waals surface area contributed by atoms with Crippen molar-refractivity contribution in [1.82, 2.24) is 4.98 Å². The minimum Gasteiger partial charge on any atom is -0.402 e. The Bertz CT molecular complexity index is 469. The molecule has 19 heavy (non-hydrogen) atoms. The van der Waals surface area contributed by atoms with E-state index in [1.54, 1.807) is 0 Å². The largest absolute Gasteiger partial charge is 0.573 e. The number of hydrogen-bond donors (Lipinski definition) is 0. The van der Waals surface area contributed by atoms with Crippen LogP contribution in [-0.2, 0) is 6.18 Å². The molecule has 0 aliphatic rings. The molecule has 1 aromatic heterocycles. The van der Waals surface area contributed by atoms with Crippen molar-refractivity contribution < 1.29 is 39.9 Å². The highest BCUT2D eigenvalue weighted by Crippen LogP contribution is 2.44. The number of nitrogens with zero attached hydrogens (tertiary/aromatic N) is 1. The van der Waals surface area contributed by atoms with E-state index in [1.807, 2.05) is 0 Å². The predicted octanol–water partition coefficient (Wildman–Crippen LogP) is 4.70. The maximum absolute atomic E-state index is 12.4. The zero-order valence-corrected chi connectivity index (χ0v) is 10.00. The van der Waals surface area contributed by atoms with Gasteiger partial charge in [-0.2, -0.15) is 13.2 Å². The van der Waals surface area contributed by atoms with Crippen LogP contribution < -0.4 is 4.74 Å². The van der Waals surface area contributed by atoms with Gasteiger partial charge < -0.3 is 4.74 Å². The van der Waals surface area contributed by atoms with E-state index in [-0.39, 0.29) is 6.20 Å². The van der Waals surface area contributed by atoms with Crippen LogP contribution in [0.1, 0.15) is 17.7 Å². The third-order valence-electron chi connectivity index (χ3n) is 1.72. The topological polar surface area (TPSA) is 22.1 Å². The second kappa shape index (κ2) is 5.10. The van der Waals surface area contributed by atoms with Crippen LogP contribution in [0.4, 0.5) is 35.1 Å². The third-order valence-corrected chi connectivity index (χ3v) is 2.54. The van der Waals surface area contributed by atoms with Gasteiger partial charge in [-0.3, -0.25) is 0 Å². The first-order chi connectivity index (χ1) is 8.43. The Morgan fingerprint density at radius 3 is 2.00 bits per heavy atom. The van der Waals surface area contributed by atoms with Crippen molar-refractivity contribution in [2.24, 2.45) is 0 Å². The average Bonchev–Trinajstić information content (AvgIpc) is 2.16. The molecule has 0 aliphatic heterocycles. The summed E-state index contributed by atoms with van der Waals surface area (Å²) in [6, 6.07) is 0. The van der Waals surface area contributed by atoms with E-state index in [2.05, 4.69) is 25.7 Å². The summed E-state index contributed by atoms with van der Waals surface area (Å²) in [7, 11) is 0. The van der Waals surface area contributed by atoms with E-state index in [9.17, 15) is 35.1 Å². The summed E-state index contributed by atoms with van der Waals surface area (Å²) in [5, 5.41) is 0. The van der Waals surface area contributed by atoms with Gasteiger partial charge in [-0.15, -0.1) is 13.2 Å². The van der Waals surface area contributed by atoms with Crippen LogP contribution in [0.2, 0.25) is 0 Å². The standard InChI is InChI=1S/C8H2BrF8NO/c9-3-2(6(10)11)1-18-5(7(12,13)14)4(3)19-8(15,16)17/h1,6H. The van der Waals surface area contributed by atoms with Crippen molar-refractivity contribution in [2.45, 2.75) is 19.0 Å². The van der Waals surface area contributed by atoms with Crippen LogP contribution in [0.25, 0.3) is 0 Å². The summed E-state index contributed by atoms with van der Waals surface area (Å²) in [5.74, 6) is -1.85. The lowest BCUT2D eigenvalue weighted by molar-refractivity contribution is -0.276. The van der Waals surface area contributed by atoms with Crippen molar-refractivity contribution >= 4 is 15.9 Å². The monoisotopic (exact) mass is 359 g/mol. The SMILES string of the molecule is FC(F)c1cnc(C(F)(F)F)c(OC(F)(F)F)c1Br. The molecule has 1 rings (SSSR count). The average molecular weight is 360 g/mol. The van der Waals surface area contributed by atoms with E-state index in [0.717, 1.165) is 0 Å². The van der Waals surface area contributed by atoms with Gasteiger partial charge in [0.25, 0.3) is 6.43 Å². The van der Waals surface area contributed by atoms with Crippen molar-refractivity contribution in [3.8, 4) is 5.75 Å². The van der Waals surface area contributed by atoms with Gasteiger partial charge in [0.05, 0.1) is 10.0 Å². The maximum atomic E-state index is 12.4. The quantitative estimate of drug-likeness (QED) is 0.714. The highest BCUT2D eigenvalue weighted by Gasteiger charge is 2.43. The summed E-state index contributed by atoms with van der Waals surface area (Å²) in [6.45, 7) is 0. The minimum atomic E-state index is -5.48. The van der Waals surface area contributed by atoms with Crippen molar-refractivity contribution in [2.75, 3.05) is 0 Å². The fraction of sp³-hybridized carbons (Fsp3) is 0.375. The molecule has 0 atom stereocenters. The second-order valence-electron chi connectivity index (χ2n) is 3.05. The highest BCUT2D eigenvalue weighted by molar-refractivity contribution is 9.10. The zero-order chi connectivity index (χ0) is 15.0. The van der Waals surface area contributed by atoms with Gasteiger partial charge in [0.1, 0.15) is 0 Å². The van der Waals surface area contributed by atoms with E-state index in [1.165, 1.54) is 0 Å². The first-order valence-corrected chi connectivity index (χ1v) is 5.02. The highest BCUT2D eigenvalue weighted by atomic mass is 79.9. The van der Waals surface area contributed by atoms with Crippen LogP contribution in [0, 0.1) is 0 Å².